The van der Waals surface area contributed by atoms with Crippen LogP contribution in [0, 0.1) is 11.5 Å². The Morgan fingerprint density at radius 1 is 1.00 bits per heavy atom. The Balaban J connectivity index is 2.57. The molecule has 0 aliphatic rings. The van der Waals surface area contributed by atoms with Gasteiger partial charge in [0, 0.05) is 6.42 Å². The van der Waals surface area contributed by atoms with E-state index < -0.39 is 8.07 Å². The first kappa shape index (κ1) is 18.0. The highest BCUT2D eigenvalue weighted by Gasteiger charge is 2.24. The van der Waals surface area contributed by atoms with Crippen molar-refractivity contribution in [3.05, 3.63) is 35.9 Å². The fraction of sp³-hybridized carbons (Fsp3) is 0.579. The highest BCUT2D eigenvalue weighted by Crippen LogP contribution is 2.20. The largest absolute Gasteiger partial charge is 0.370 e. The van der Waals surface area contributed by atoms with Crippen LogP contribution in [-0.2, 0) is 11.3 Å². The molecule has 0 saturated heterocycles. The summed E-state index contributed by atoms with van der Waals surface area (Å²) in [5.74, 6) is 3.44. The second-order valence-electron chi connectivity index (χ2n) is 6.35. The molecule has 2 heteroatoms. The minimum atomic E-state index is -1.32. The van der Waals surface area contributed by atoms with Gasteiger partial charge in [0.1, 0.15) is 8.07 Å². The summed E-state index contributed by atoms with van der Waals surface area (Å²) in [5.41, 5.74) is 4.68. The molecule has 0 aliphatic heterocycles. The van der Waals surface area contributed by atoms with Crippen molar-refractivity contribution in [2.75, 3.05) is 0 Å². The smallest absolute Gasteiger partial charge is 0.137 e. The quantitative estimate of drug-likeness (QED) is 0.482. The molecule has 0 unspecified atom stereocenters. The Hall–Kier alpha value is -1.04. The minimum Gasteiger partial charge on any atom is -0.370 e. The van der Waals surface area contributed by atoms with Crippen LogP contribution in [0.25, 0.3) is 0 Å². The summed E-state index contributed by atoms with van der Waals surface area (Å²) in [6, 6.07) is 14.1. The third kappa shape index (κ3) is 6.07. The third-order valence-electron chi connectivity index (χ3n) is 4.37. The van der Waals surface area contributed by atoms with Gasteiger partial charge in [-0.3, -0.25) is 0 Å². The SMILES string of the molecule is CC[Si](C#CCC(C)(C)OCc1ccccc1)(CC)CC. The summed E-state index contributed by atoms with van der Waals surface area (Å²) in [5, 5.41) is 0. The van der Waals surface area contributed by atoms with Crippen LogP contribution < -0.4 is 0 Å². The molecular formula is C19H30OSi. The van der Waals surface area contributed by atoms with Crippen molar-refractivity contribution in [2.45, 2.75) is 71.4 Å². The second kappa shape index (κ2) is 8.41. The lowest BCUT2D eigenvalue weighted by molar-refractivity contribution is -0.0253. The molecule has 0 N–H and O–H groups in total. The Morgan fingerprint density at radius 3 is 2.10 bits per heavy atom. The van der Waals surface area contributed by atoms with Gasteiger partial charge >= 0.3 is 0 Å². The van der Waals surface area contributed by atoms with Gasteiger partial charge < -0.3 is 4.74 Å². The van der Waals surface area contributed by atoms with E-state index in [1.165, 1.54) is 23.7 Å². The number of hydrogen-bond acceptors (Lipinski definition) is 1. The fourth-order valence-electron chi connectivity index (χ4n) is 2.36. The normalized spacial score (nSPS) is 11.9. The van der Waals surface area contributed by atoms with Crippen LogP contribution in [0.5, 0.6) is 0 Å². The highest BCUT2D eigenvalue weighted by atomic mass is 28.3. The molecule has 1 aromatic carbocycles. The van der Waals surface area contributed by atoms with E-state index in [-0.39, 0.29) is 5.60 Å². The highest BCUT2D eigenvalue weighted by molar-refractivity contribution is 6.87. The van der Waals surface area contributed by atoms with Gasteiger partial charge in [0.05, 0.1) is 12.2 Å². The van der Waals surface area contributed by atoms with Crippen LogP contribution >= 0.6 is 0 Å². The summed E-state index contributed by atoms with van der Waals surface area (Å²) in [4.78, 5) is 0. The fourth-order valence-corrected chi connectivity index (χ4v) is 4.86. The number of benzene rings is 1. The standard InChI is InChI=1S/C19H30OSi/c1-6-21(7-2,8-3)16-12-15-19(4,5)20-17-18-13-10-9-11-14-18/h9-11,13-14H,6-8,15,17H2,1-5H3. The summed E-state index contributed by atoms with van der Waals surface area (Å²) in [6.07, 6.45) is 0.814. The van der Waals surface area contributed by atoms with Crippen molar-refractivity contribution < 1.29 is 4.74 Å². The molecule has 0 spiro atoms. The number of rotatable bonds is 7. The zero-order valence-corrected chi connectivity index (χ0v) is 15.3. The molecule has 1 aromatic rings. The average molecular weight is 303 g/mol. The molecule has 0 aliphatic carbocycles. The predicted molar refractivity (Wildman–Crippen MR) is 94.9 cm³/mol. The molecular weight excluding hydrogens is 272 g/mol. The Morgan fingerprint density at radius 2 is 1.57 bits per heavy atom. The Bertz CT molecular complexity index is 455. The molecule has 1 nitrogen and oxygen atoms in total. The van der Waals surface area contributed by atoms with Crippen LogP contribution in [0.1, 0.15) is 46.6 Å². The van der Waals surface area contributed by atoms with Gasteiger partial charge in [0.25, 0.3) is 0 Å². The van der Waals surface area contributed by atoms with E-state index in [0.29, 0.717) is 6.61 Å². The lowest BCUT2D eigenvalue weighted by atomic mass is 10.1. The maximum atomic E-state index is 6.04. The average Bonchev–Trinajstić information content (AvgIpc) is 2.51. The van der Waals surface area contributed by atoms with Gasteiger partial charge in [0.2, 0.25) is 0 Å². The first-order valence-electron chi connectivity index (χ1n) is 8.15. The van der Waals surface area contributed by atoms with Crippen LogP contribution in [0.2, 0.25) is 18.1 Å². The van der Waals surface area contributed by atoms with E-state index in [1.807, 2.05) is 6.07 Å². The summed E-state index contributed by atoms with van der Waals surface area (Å²) in [7, 11) is -1.32. The van der Waals surface area contributed by atoms with Crippen LogP contribution in [-0.4, -0.2) is 13.7 Å². The topological polar surface area (TPSA) is 9.23 Å². The first-order valence-corrected chi connectivity index (χ1v) is 10.8. The zero-order valence-electron chi connectivity index (χ0n) is 14.3. The molecule has 0 bridgehead atoms. The van der Waals surface area contributed by atoms with Crippen molar-refractivity contribution in [1.82, 2.24) is 0 Å². The van der Waals surface area contributed by atoms with E-state index in [0.717, 1.165) is 6.42 Å². The molecule has 0 radical (unpaired) electrons. The summed E-state index contributed by atoms with van der Waals surface area (Å²) < 4.78 is 6.04. The van der Waals surface area contributed by atoms with Gasteiger partial charge in [-0.05, 0) is 37.5 Å². The maximum Gasteiger partial charge on any atom is 0.137 e. The number of hydrogen-bond donors (Lipinski definition) is 0. The van der Waals surface area contributed by atoms with Gasteiger partial charge in [-0.15, -0.1) is 11.5 Å². The van der Waals surface area contributed by atoms with Crippen LogP contribution in [0.3, 0.4) is 0 Å². The zero-order chi connectivity index (χ0) is 15.8. The minimum absolute atomic E-state index is 0.182. The van der Waals surface area contributed by atoms with Crippen molar-refractivity contribution in [3.8, 4) is 11.5 Å². The molecule has 116 valence electrons. The van der Waals surface area contributed by atoms with E-state index in [1.54, 1.807) is 0 Å². The molecule has 0 atom stereocenters. The first-order chi connectivity index (χ1) is 9.97. The van der Waals surface area contributed by atoms with Crippen molar-refractivity contribution >= 4 is 8.07 Å². The Labute approximate surface area is 132 Å². The van der Waals surface area contributed by atoms with Gasteiger partial charge in [0.15, 0.2) is 0 Å². The lowest BCUT2D eigenvalue weighted by Crippen LogP contribution is -2.30. The molecule has 0 heterocycles. The number of ether oxygens (including phenoxy) is 1. The van der Waals surface area contributed by atoms with E-state index in [9.17, 15) is 0 Å². The van der Waals surface area contributed by atoms with E-state index >= 15 is 0 Å². The summed E-state index contributed by atoms with van der Waals surface area (Å²) >= 11 is 0. The van der Waals surface area contributed by atoms with Crippen molar-refractivity contribution in [1.29, 1.82) is 0 Å². The molecule has 0 fully saturated rings. The second-order valence-corrected chi connectivity index (χ2v) is 11.3. The molecule has 0 aromatic heterocycles. The van der Waals surface area contributed by atoms with Crippen molar-refractivity contribution in [3.63, 3.8) is 0 Å². The maximum absolute atomic E-state index is 6.04. The van der Waals surface area contributed by atoms with E-state index in [4.69, 9.17) is 4.74 Å². The van der Waals surface area contributed by atoms with Crippen LogP contribution in [0.4, 0.5) is 0 Å². The predicted octanol–water partition coefficient (Wildman–Crippen LogP) is 5.42. The molecule has 0 amide bonds. The van der Waals surface area contributed by atoms with E-state index in [2.05, 4.69) is 70.3 Å². The van der Waals surface area contributed by atoms with Crippen LogP contribution in [0.15, 0.2) is 30.3 Å². The summed E-state index contributed by atoms with van der Waals surface area (Å²) in [6.45, 7) is 11.8. The van der Waals surface area contributed by atoms with Crippen molar-refractivity contribution in [2.24, 2.45) is 0 Å². The van der Waals surface area contributed by atoms with Gasteiger partial charge in [-0.2, -0.15) is 0 Å². The lowest BCUT2D eigenvalue weighted by Gasteiger charge is -2.24. The molecule has 21 heavy (non-hydrogen) atoms. The van der Waals surface area contributed by atoms with Gasteiger partial charge in [-0.25, -0.2) is 0 Å². The molecule has 0 saturated carbocycles. The third-order valence-corrected chi connectivity index (χ3v) is 9.14. The Kier molecular flexibility index (Phi) is 7.21. The monoisotopic (exact) mass is 302 g/mol. The van der Waals surface area contributed by atoms with Gasteiger partial charge in [-0.1, -0.05) is 51.1 Å². The molecule has 1 rings (SSSR count).